The zero-order chi connectivity index (χ0) is 16.7. The SMILES string of the molecule is CCC(=O)N1C[C@@H]2[C@H](C1)N(Cc1ccccc1)C(=O)c1cccn12. The zero-order valence-corrected chi connectivity index (χ0v) is 13.8. The molecule has 2 aliphatic rings. The Hall–Kier alpha value is -2.56. The number of fused-ring (bicyclic) bond motifs is 3. The Morgan fingerprint density at radius 3 is 2.58 bits per heavy atom. The van der Waals surface area contributed by atoms with E-state index in [1.165, 1.54) is 0 Å². The van der Waals surface area contributed by atoms with E-state index >= 15 is 0 Å². The van der Waals surface area contributed by atoms with Crippen molar-refractivity contribution in [1.82, 2.24) is 14.4 Å². The number of hydrogen-bond donors (Lipinski definition) is 0. The van der Waals surface area contributed by atoms with Crippen LogP contribution in [0.25, 0.3) is 0 Å². The maximum Gasteiger partial charge on any atom is 0.271 e. The summed E-state index contributed by atoms with van der Waals surface area (Å²) in [6.07, 6.45) is 2.47. The molecule has 0 radical (unpaired) electrons. The lowest BCUT2D eigenvalue weighted by molar-refractivity contribution is -0.130. The summed E-state index contributed by atoms with van der Waals surface area (Å²) in [5.41, 5.74) is 1.84. The first-order chi connectivity index (χ1) is 11.7. The van der Waals surface area contributed by atoms with E-state index in [0.29, 0.717) is 26.1 Å². The molecule has 1 saturated heterocycles. The normalized spacial score (nSPS) is 22.5. The standard InChI is InChI=1S/C19H21N3O2/c1-2-18(23)20-12-16-17(13-20)22(11-14-7-4-3-5-8-14)19(24)15-9-6-10-21(15)16/h3-10,16-17H,2,11-13H2,1H3/t16-,17+/m1/s1. The predicted molar refractivity (Wildman–Crippen MR) is 90.4 cm³/mol. The van der Waals surface area contributed by atoms with E-state index in [-0.39, 0.29) is 23.9 Å². The van der Waals surface area contributed by atoms with Gasteiger partial charge in [-0.05, 0) is 17.7 Å². The Balaban J connectivity index is 1.69. The minimum absolute atomic E-state index is 0.0353. The average Bonchev–Trinajstić information content (AvgIpc) is 3.25. The van der Waals surface area contributed by atoms with Gasteiger partial charge in [-0.2, -0.15) is 0 Å². The molecule has 0 spiro atoms. The van der Waals surface area contributed by atoms with Crippen LogP contribution in [0.5, 0.6) is 0 Å². The van der Waals surface area contributed by atoms with Gasteiger partial charge in [0.05, 0.1) is 12.1 Å². The van der Waals surface area contributed by atoms with Crippen LogP contribution in [0.1, 0.15) is 35.4 Å². The van der Waals surface area contributed by atoms with Crippen molar-refractivity contribution in [3.05, 3.63) is 59.9 Å². The monoisotopic (exact) mass is 323 g/mol. The van der Waals surface area contributed by atoms with Crippen molar-refractivity contribution < 1.29 is 9.59 Å². The molecule has 2 amide bonds. The maximum absolute atomic E-state index is 13.0. The summed E-state index contributed by atoms with van der Waals surface area (Å²) in [6, 6.07) is 14.0. The van der Waals surface area contributed by atoms with E-state index < -0.39 is 0 Å². The molecular formula is C19H21N3O2. The lowest BCUT2D eigenvalue weighted by Gasteiger charge is -2.38. The van der Waals surface area contributed by atoms with E-state index in [0.717, 1.165) is 11.3 Å². The first-order valence-electron chi connectivity index (χ1n) is 8.48. The van der Waals surface area contributed by atoms with Crippen LogP contribution in [-0.4, -0.2) is 45.3 Å². The highest BCUT2D eigenvalue weighted by atomic mass is 16.2. The number of hydrogen-bond acceptors (Lipinski definition) is 2. The third-order valence-electron chi connectivity index (χ3n) is 5.13. The highest BCUT2D eigenvalue weighted by molar-refractivity contribution is 5.94. The van der Waals surface area contributed by atoms with E-state index in [4.69, 9.17) is 0 Å². The highest BCUT2D eigenvalue weighted by Gasteiger charge is 2.45. The molecule has 24 heavy (non-hydrogen) atoms. The summed E-state index contributed by atoms with van der Waals surface area (Å²) in [5, 5.41) is 0. The maximum atomic E-state index is 13.0. The fourth-order valence-corrected chi connectivity index (χ4v) is 3.91. The Kier molecular flexibility index (Phi) is 3.63. The number of carbonyl (C=O) groups is 2. The van der Waals surface area contributed by atoms with Gasteiger partial charge in [0.15, 0.2) is 0 Å². The Morgan fingerprint density at radius 2 is 1.83 bits per heavy atom. The van der Waals surface area contributed by atoms with Crippen molar-refractivity contribution >= 4 is 11.8 Å². The quantitative estimate of drug-likeness (QED) is 0.870. The molecule has 1 aromatic carbocycles. The lowest BCUT2D eigenvalue weighted by atomic mass is 10.0. The average molecular weight is 323 g/mol. The number of amides is 2. The van der Waals surface area contributed by atoms with Gasteiger partial charge >= 0.3 is 0 Å². The van der Waals surface area contributed by atoms with Gasteiger partial charge in [-0.3, -0.25) is 9.59 Å². The lowest BCUT2D eigenvalue weighted by Crippen LogP contribution is -2.49. The molecule has 0 aliphatic carbocycles. The Bertz CT molecular complexity index is 768. The predicted octanol–water partition coefficient (Wildman–Crippen LogP) is 2.31. The van der Waals surface area contributed by atoms with E-state index in [2.05, 4.69) is 4.57 Å². The topological polar surface area (TPSA) is 45.6 Å². The summed E-state index contributed by atoms with van der Waals surface area (Å²) in [6.45, 7) is 3.77. The fraction of sp³-hybridized carbons (Fsp3) is 0.368. The second-order valence-electron chi connectivity index (χ2n) is 6.51. The first kappa shape index (κ1) is 15.0. The van der Waals surface area contributed by atoms with Crippen LogP contribution in [0, 0.1) is 0 Å². The summed E-state index contributed by atoms with van der Waals surface area (Å²) < 4.78 is 2.05. The van der Waals surface area contributed by atoms with Crippen LogP contribution in [-0.2, 0) is 11.3 Å². The van der Waals surface area contributed by atoms with E-state index in [9.17, 15) is 9.59 Å². The van der Waals surface area contributed by atoms with Gasteiger partial charge in [-0.1, -0.05) is 37.3 Å². The van der Waals surface area contributed by atoms with Crippen LogP contribution in [0.2, 0.25) is 0 Å². The molecule has 4 rings (SSSR count). The Labute approximate surface area is 141 Å². The van der Waals surface area contributed by atoms with Crippen LogP contribution in [0.15, 0.2) is 48.7 Å². The first-order valence-corrected chi connectivity index (χ1v) is 8.48. The van der Waals surface area contributed by atoms with Crippen LogP contribution >= 0.6 is 0 Å². The van der Waals surface area contributed by atoms with Gasteiger partial charge in [0.25, 0.3) is 5.91 Å². The molecule has 0 unspecified atom stereocenters. The third-order valence-corrected chi connectivity index (χ3v) is 5.13. The van der Waals surface area contributed by atoms with Gasteiger partial charge in [0.2, 0.25) is 5.91 Å². The molecular weight excluding hydrogens is 302 g/mol. The molecule has 2 aliphatic heterocycles. The van der Waals surface area contributed by atoms with E-state index in [1.807, 2.05) is 65.4 Å². The Morgan fingerprint density at radius 1 is 1.08 bits per heavy atom. The number of likely N-dealkylation sites (tertiary alicyclic amines) is 1. The van der Waals surface area contributed by atoms with Gasteiger partial charge in [0.1, 0.15) is 5.69 Å². The van der Waals surface area contributed by atoms with Gasteiger partial charge in [0, 0.05) is 32.3 Å². The van der Waals surface area contributed by atoms with Crippen molar-refractivity contribution in [2.24, 2.45) is 0 Å². The number of carbonyl (C=O) groups excluding carboxylic acids is 2. The summed E-state index contributed by atoms with van der Waals surface area (Å²) >= 11 is 0. The minimum atomic E-state index is 0.0353. The van der Waals surface area contributed by atoms with Gasteiger partial charge in [-0.15, -0.1) is 0 Å². The van der Waals surface area contributed by atoms with Crippen LogP contribution in [0.4, 0.5) is 0 Å². The number of aromatic nitrogens is 1. The van der Waals surface area contributed by atoms with Crippen LogP contribution in [0.3, 0.4) is 0 Å². The molecule has 2 atom stereocenters. The molecule has 0 saturated carbocycles. The summed E-state index contributed by atoms with van der Waals surface area (Å²) in [7, 11) is 0. The van der Waals surface area contributed by atoms with Crippen molar-refractivity contribution in [2.75, 3.05) is 13.1 Å². The third kappa shape index (κ3) is 2.31. The second kappa shape index (κ2) is 5.82. The van der Waals surface area contributed by atoms with Gasteiger partial charge < -0.3 is 14.4 Å². The van der Waals surface area contributed by atoms with Crippen molar-refractivity contribution in [1.29, 1.82) is 0 Å². The molecule has 1 aromatic heterocycles. The van der Waals surface area contributed by atoms with E-state index in [1.54, 1.807) is 0 Å². The summed E-state index contributed by atoms with van der Waals surface area (Å²) in [4.78, 5) is 29.0. The molecule has 5 heteroatoms. The van der Waals surface area contributed by atoms with Crippen molar-refractivity contribution in [2.45, 2.75) is 32.0 Å². The molecule has 2 aromatic rings. The largest absolute Gasteiger partial charge is 0.338 e. The molecule has 5 nitrogen and oxygen atoms in total. The van der Waals surface area contributed by atoms with Crippen molar-refractivity contribution in [3.8, 4) is 0 Å². The molecule has 0 bridgehead atoms. The number of benzene rings is 1. The molecule has 3 heterocycles. The summed E-state index contributed by atoms with van der Waals surface area (Å²) in [5.74, 6) is 0.209. The minimum Gasteiger partial charge on any atom is -0.338 e. The van der Waals surface area contributed by atoms with Crippen molar-refractivity contribution in [3.63, 3.8) is 0 Å². The number of rotatable bonds is 3. The number of nitrogens with zero attached hydrogens (tertiary/aromatic N) is 3. The van der Waals surface area contributed by atoms with Crippen LogP contribution < -0.4 is 0 Å². The molecule has 0 N–H and O–H groups in total. The van der Waals surface area contributed by atoms with Gasteiger partial charge in [-0.25, -0.2) is 0 Å². The highest BCUT2D eigenvalue weighted by Crippen LogP contribution is 2.34. The molecule has 1 fully saturated rings. The second-order valence-corrected chi connectivity index (χ2v) is 6.51. The smallest absolute Gasteiger partial charge is 0.271 e. The zero-order valence-electron chi connectivity index (χ0n) is 13.8. The fourth-order valence-electron chi connectivity index (χ4n) is 3.91. The molecule has 124 valence electrons.